The summed E-state index contributed by atoms with van der Waals surface area (Å²) >= 11 is 9.31. The van der Waals surface area contributed by atoms with Crippen LogP contribution >= 0.6 is 27.5 Å². The summed E-state index contributed by atoms with van der Waals surface area (Å²) in [7, 11) is 1.37. The highest BCUT2D eigenvalue weighted by Crippen LogP contribution is 2.25. The van der Waals surface area contributed by atoms with E-state index in [2.05, 4.69) is 20.7 Å². The second kappa shape index (κ2) is 4.80. The van der Waals surface area contributed by atoms with Gasteiger partial charge in [0.15, 0.2) is 0 Å². The molecule has 0 fully saturated rings. The van der Waals surface area contributed by atoms with E-state index >= 15 is 0 Å². The Balaban J connectivity index is 2.98. The van der Waals surface area contributed by atoms with Gasteiger partial charge in [-0.25, -0.2) is 0 Å². The number of ether oxygens (including phenoxy) is 1. The Morgan fingerprint density at radius 2 is 2.21 bits per heavy atom. The van der Waals surface area contributed by atoms with E-state index in [4.69, 9.17) is 11.6 Å². The first-order chi connectivity index (χ1) is 6.54. The van der Waals surface area contributed by atoms with Crippen LogP contribution < -0.4 is 0 Å². The predicted octanol–water partition coefficient (Wildman–Crippen LogP) is 3.13. The van der Waals surface area contributed by atoms with Gasteiger partial charge in [0.1, 0.15) is 0 Å². The molecule has 14 heavy (non-hydrogen) atoms. The summed E-state index contributed by atoms with van der Waals surface area (Å²) in [6.07, 6.45) is 0.233. The van der Waals surface area contributed by atoms with E-state index in [1.807, 2.05) is 13.0 Å². The van der Waals surface area contributed by atoms with Gasteiger partial charge < -0.3 is 4.74 Å². The van der Waals surface area contributed by atoms with E-state index in [1.165, 1.54) is 7.11 Å². The number of esters is 1. The first kappa shape index (κ1) is 11.5. The smallest absolute Gasteiger partial charge is 0.310 e. The van der Waals surface area contributed by atoms with Gasteiger partial charge >= 0.3 is 5.97 Å². The molecule has 0 aliphatic carbocycles. The van der Waals surface area contributed by atoms with Crippen molar-refractivity contribution in [3.8, 4) is 0 Å². The van der Waals surface area contributed by atoms with Gasteiger partial charge in [0.25, 0.3) is 0 Å². The van der Waals surface area contributed by atoms with Gasteiger partial charge in [-0.2, -0.15) is 0 Å². The predicted molar refractivity (Wildman–Crippen MR) is 59.6 cm³/mol. The second-order valence-electron chi connectivity index (χ2n) is 2.95. The van der Waals surface area contributed by atoms with Crippen LogP contribution in [-0.4, -0.2) is 13.1 Å². The molecule has 0 aliphatic heterocycles. The highest BCUT2D eigenvalue weighted by Gasteiger charge is 2.08. The highest BCUT2D eigenvalue weighted by atomic mass is 79.9. The van der Waals surface area contributed by atoms with Gasteiger partial charge in [-0.15, -0.1) is 0 Å². The molecule has 0 saturated carbocycles. The second-order valence-corrected chi connectivity index (χ2v) is 4.21. The van der Waals surface area contributed by atoms with Crippen LogP contribution in [0.5, 0.6) is 0 Å². The maximum atomic E-state index is 11.0. The van der Waals surface area contributed by atoms with Crippen molar-refractivity contribution < 1.29 is 9.53 Å². The minimum atomic E-state index is -0.273. The summed E-state index contributed by atoms with van der Waals surface area (Å²) in [6, 6.07) is 3.67. The Labute approximate surface area is 96.3 Å². The maximum absolute atomic E-state index is 11.0. The number of carbonyl (C=O) groups excluding carboxylic acids is 1. The van der Waals surface area contributed by atoms with Crippen molar-refractivity contribution in [2.45, 2.75) is 13.3 Å². The molecule has 0 heterocycles. The number of aryl methyl sites for hydroxylation is 1. The molecule has 4 heteroatoms. The molecule has 0 saturated heterocycles. The zero-order valence-corrected chi connectivity index (χ0v) is 10.3. The molecule has 0 unspecified atom stereocenters. The van der Waals surface area contributed by atoms with Crippen LogP contribution in [0, 0.1) is 6.92 Å². The molecule has 1 aromatic carbocycles. The average Bonchev–Trinajstić information content (AvgIpc) is 2.14. The lowest BCUT2D eigenvalue weighted by Gasteiger charge is -2.06. The van der Waals surface area contributed by atoms with Crippen molar-refractivity contribution in [3.63, 3.8) is 0 Å². The number of methoxy groups -OCH3 is 1. The third kappa shape index (κ3) is 2.72. The summed E-state index contributed by atoms with van der Waals surface area (Å²) in [5.41, 5.74) is 1.82. The van der Waals surface area contributed by atoms with Crippen LogP contribution in [0.2, 0.25) is 5.02 Å². The van der Waals surface area contributed by atoms with Crippen LogP contribution in [0.1, 0.15) is 11.1 Å². The van der Waals surface area contributed by atoms with Crippen LogP contribution in [0.4, 0.5) is 0 Å². The number of hydrogen-bond acceptors (Lipinski definition) is 2. The first-order valence-corrected chi connectivity index (χ1v) is 5.23. The normalized spacial score (nSPS) is 10.0. The van der Waals surface area contributed by atoms with Crippen molar-refractivity contribution in [2.75, 3.05) is 7.11 Å². The molecule has 0 amide bonds. The lowest BCUT2D eigenvalue weighted by atomic mass is 10.1. The molecular weight excluding hydrogens is 267 g/mol. The number of hydrogen-bond donors (Lipinski definition) is 0. The van der Waals surface area contributed by atoms with Crippen molar-refractivity contribution in [1.29, 1.82) is 0 Å². The van der Waals surface area contributed by atoms with Crippen molar-refractivity contribution in [1.82, 2.24) is 0 Å². The van der Waals surface area contributed by atoms with Gasteiger partial charge in [0, 0.05) is 9.50 Å². The largest absolute Gasteiger partial charge is 0.469 e. The standard InChI is InChI=1S/C10H10BrClO2/c1-6-3-8(11)7(4-9(6)12)5-10(13)14-2/h3-4H,5H2,1-2H3. The van der Waals surface area contributed by atoms with Gasteiger partial charge in [-0.1, -0.05) is 27.5 Å². The first-order valence-electron chi connectivity index (χ1n) is 4.06. The molecule has 1 aromatic rings. The Hall–Kier alpha value is -0.540. The van der Waals surface area contributed by atoms with Crippen LogP contribution in [0.25, 0.3) is 0 Å². The van der Waals surface area contributed by atoms with E-state index in [9.17, 15) is 4.79 Å². The molecule has 0 aliphatic rings. The molecule has 0 N–H and O–H groups in total. The van der Waals surface area contributed by atoms with E-state index in [1.54, 1.807) is 6.07 Å². The molecule has 0 atom stereocenters. The minimum Gasteiger partial charge on any atom is -0.469 e. The molecular formula is C10H10BrClO2. The molecule has 0 aromatic heterocycles. The topological polar surface area (TPSA) is 26.3 Å². The monoisotopic (exact) mass is 276 g/mol. The molecule has 0 radical (unpaired) electrons. The van der Waals surface area contributed by atoms with E-state index in [0.29, 0.717) is 5.02 Å². The zero-order chi connectivity index (χ0) is 10.7. The Morgan fingerprint density at radius 1 is 1.57 bits per heavy atom. The van der Waals surface area contributed by atoms with E-state index < -0.39 is 0 Å². The van der Waals surface area contributed by atoms with Crippen molar-refractivity contribution >= 4 is 33.5 Å². The summed E-state index contributed by atoms with van der Waals surface area (Å²) in [5, 5.41) is 0.659. The lowest BCUT2D eigenvalue weighted by Crippen LogP contribution is -2.05. The summed E-state index contributed by atoms with van der Waals surface area (Å²) < 4.78 is 5.46. The maximum Gasteiger partial charge on any atom is 0.310 e. The zero-order valence-electron chi connectivity index (χ0n) is 7.93. The van der Waals surface area contributed by atoms with Crippen LogP contribution in [0.3, 0.4) is 0 Å². The quantitative estimate of drug-likeness (QED) is 0.776. The van der Waals surface area contributed by atoms with Gasteiger partial charge in [-0.3, -0.25) is 4.79 Å². The molecule has 0 bridgehead atoms. The average molecular weight is 278 g/mol. The number of benzene rings is 1. The van der Waals surface area contributed by atoms with Gasteiger partial charge in [0.2, 0.25) is 0 Å². The Bertz CT molecular complexity index is 363. The lowest BCUT2D eigenvalue weighted by molar-refractivity contribution is -0.139. The summed E-state index contributed by atoms with van der Waals surface area (Å²) in [5.74, 6) is -0.273. The van der Waals surface area contributed by atoms with E-state index in [-0.39, 0.29) is 12.4 Å². The van der Waals surface area contributed by atoms with Crippen molar-refractivity contribution in [2.24, 2.45) is 0 Å². The fourth-order valence-corrected chi connectivity index (χ4v) is 1.83. The van der Waals surface area contributed by atoms with E-state index in [0.717, 1.165) is 15.6 Å². The third-order valence-corrected chi connectivity index (χ3v) is 3.04. The fourth-order valence-electron chi connectivity index (χ4n) is 1.05. The van der Waals surface area contributed by atoms with Gasteiger partial charge in [0.05, 0.1) is 13.5 Å². The molecule has 0 spiro atoms. The Morgan fingerprint density at radius 3 is 2.79 bits per heavy atom. The SMILES string of the molecule is COC(=O)Cc1cc(Cl)c(C)cc1Br. The molecule has 76 valence electrons. The molecule has 1 rings (SSSR count). The summed E-state index contributed by atoms with van der Waals surface area (Å²) in [6.45, 7) is 1.91. The number of halogens is 2. The molecule has 2 nitrogen and oxygen atoms in total. The van der Waals surface area contributed by atoms with Gasteiger partial charge in [-0.05, 0) is 30.2 Å². The van der Waals surface area contributed by atoms with Crippen LogP contribution in [0.15, 0.2) is 16.6 Å². The Kier molecular flexibility index (Phi) is 3.96. The van der Waals surface area contributed by atoms with Crippen molar-refractivity contribution in [3.05, 3.63) is 32.8 Å². The number of carbonyl (C=O) groups is 1. The fraction of sp³-hybridized carbons (Fsp3) is 0.300. The third-order valence-electron chi connectivity index (χ3n) is 1.89. The number of rotatable bonds is 2. The highest BCUT2D eigenvalue weighted by molar-refractivity contribution is 9.10. The minimum absolute atomic E-state index is 0.233. The summed E-state index contributed by atoms with van der Waals surface area (Å²) in [4.78, 5) is 11.0. The van der Waals surface area contributed by atoms with Crippen LogP contribution in [-0.2, 0) is 16.0 Å².